The highest BCUT2D eigenvalue weighted by molar-refractivity contribution is 5.94. The van der Waals surface area contributed by atoms with E-state index in [9.17, 15) is 4.79 Å². The van der Waals surface area contributed by atoms with Gasteiger partial charge in [0.2, 0.25) is 5.91 Å². The number of hydrogen-bond donors (Lipinski definition) is 1. The zero-order valence-corrected chi connectivity index (χ0v) is 16.9. The molecule has 1 aliphatic rings. The van der Waals surface area contributed by atoms with Crippen molar-refractivity contribution in [3.8, 4) is 11.6 Å². The Bertz CT molecular complexity index is 1240. The van der Waals surface area contributed by atoms with Gasteiger partial charge in [0, 0.05) is 17.9 Å². The highest BCUT2D eigenvalue weighted by Crippen LogP contribution is 2.38. The lowest BCUT2D eigenvalue weighted by atomic mass is 9.87. The van der Waals surface area contributed by atoms with Gasteiger partial charge in [-0.05, 0) is 50.6 Å². The number of aromatic nitrogens is 6. The van der Waals surface area contributed by atoms with E-state index in [4.69, 9.17) is 4.74 Å². The molecule has 1 amide bonds. The summed E-state index contributed by atoms with van der Waals surface area (Å²) >= 11 is 0. The molecule has 0 unspecified atom stereocenters. The van der Waals surface area contributed by atoms with E-state index in [-0.39, 0.29) is 17.9 Å². The van der Waals surface area contributed by atoms with Crippen LogP contribution in [0.5, 0.6) is 5.75 Å². The molecular weight excluding hydrogens is 382 g/mol. The summed E-state index contributed by atoms with van der Waals surface area (Å²) in [4.78, 5) is 12.5. The highest BCUT2D eigenvalue weighted by Gasteiger charge is 2.30. The van der Waals surface area contributed by atoms with Gasteiger partial charge < -0.3 is 10.1 Å². The molecule has 1 N–H and O–H groups in total. The predicted molar refractivity (Wildman–Crippen MR) is 110 cm³/mol. The Hall–Kier alpha value is -3.75. The summed E-state index contributed by atoms with van der Waals surface area (Å²) in [5.41, 5.74) is 2.65. The molecule has 152 valence electrons. The van der Waals surface area contributed by atoms with Crippen molar-refractivity contribution < 1.29 is 9.53 Å². The summed E-state index contributed by atoms with van der Waals surface area (Å²) in [6, 6.07) is 11.5. The van der Waals surface area contributed by atoms with Crippen LogP contribution in [0.2, 0.25) is 0 Å². The van der Waals surface area contributed by atoms with Gasteiger partial charge in [0.25, 0.3) is 0 Å². The quantitative estimate of drug-likeness (QED) is 0.562. The van der Waals surface area contributed by atoms with Crippen LogP contribution >= 0.6 is 0 Å². The first-order valence-corrected chi connectivity index (χ1v) is 9.83. The SMILES string of the molecule is Cc1nnc2ccc(-n3ncc4c3NC(=O)C[C@@H]4c3ccc(OC(C)C)cc3)nn12. The minimum atomic E-state index is -0.0871. The molecular formula is C21H21N7O2. The molecule has 3 aromatic heterocycles. The fraction of sp³-hybridized carbons (Fsp3) is 0.286. The molecule has 0 radical (unpaired) electrons. The van der Waals surface area contributed by atoms with Crippen molar-refractivity contribution >= 4 is 17.4 Å². The number of rotatable bonds is 4. The minimum absolute atomic E-state index is 0.0571. The first-order valence-electron chi connectivity index (χ1n) is 9.83. The number of fused-ring (bicyclic) bond motifs is 2. The van der Waals surface area contributed by atoms with Gasteiger partial charge in [0.05, 0.1) is 12.3 Å². The standard InChI is InChI=1S/C21H21N7O2/c1-12(2)30-15-6-4-14(5-7-15)16-10-20(29)23-21-17(16)11-22-28(21)19-9-8-18-25-24-13(3)27(18)26-19/h4-9,11-12,16H,10H2,1-3H3,(H,23,29)/t16-/m1/s1. The average Bonchev–Trinajstić information content (AvgIpc) is 3.31. The number of carbonyl (C=O) groups excluding carboxylic acids is 1. The zero-order valence-electron chi connectivity index (χ0n) is 16.9. The highest BCUT2D eigenvalue weighted by atomic mass is 16.5. The summed E-state index contributed by atoms with van der Waals surface area (Å²) in [6.45, 7) is 5.82. The molecule has 0 fully saturated rings. The van der Waals surface area contributed by atoms with E-state index in [1.165, 1.54) is 0 Å². The number of nitrogens with one attached hydrogen (secondary N) is 1. The number of ether oxygens (including phenoxy) is 1. The number of nitrogens with zero attached hydrogens (tertiary/aromatic N) is 6. The second kappa shape index (κ2) is 6.94. The van der Waals surface area contributed by atoms with Crippen LogP contribution in [0.1, 0.15) is 43.1 Å². The molecule has 9 heteroatoms. The Labute approximate surface area is 172 Å². The van der Waals surface area contributed by atoms with Crippen molar-refractivity contribution in [3.63, 3.8) is 0 Å². The Morgan fingerprint density at radius 2 is 1.93 bits per heavy atom. The maximum atomic E-state index is 12.5. The van der Waals surface area contributed by atoms with Gasteiger partial charge in [-0.2, -0.15) is 14.3 Å². The lowest BCUT2D eigenvalue weighted by Crippen LogP contribution is -2.25. The molecule has 4 aromatic rings. The summed E-state index contributed by atoms with van der Waals surface area (Å²) in [6.07, 6.45) is 2.27. The van der Waals surface area contributed by atoms with Gasteiger partial charge in [-0.3, -0.25) is 4.79 Å². The molecule has 0 spiro atoms. The van der Waals surface area contributed by atoms with Gasteiger partial charge in [0.1, 0.15) is 11.6 Å². The third-order valence-corrected chi connectivity index (χ3v) is 5.10. The third-order valence-electron chi connectivity index (χ3n) is 5.10. The van der Waals surface area contributed by atoms with Crippen LogP contribution < -0.4 is 10.1 Å². The largest absolute Gasteiger partial charge is 0.491 e. The monoisotopic (exact) mass is 403 g/mol. The van der Waals surface area contributed by atoms with Crippen molar-refractivity contribution in [2.24, 2.45) is 0 Å². The fourth-order valence-electron chi connectivity index (χ4n) is 3.74. The molecule has 0 saturated heterocycles. The van der Waals surface area contributed by atoms with Crippen molar-refractivity contribution in [1.29, 1.82) is 0 Å². The van der Waals surface area contributed by atoms with Crippen LogP contribution in [-0.2, 0) is 4.79 Å². The maximum absolute atomic E-state index is 12.5. The summed E-state index contributed by atoms with van der Waals surface area (Å²) in [7, 11) is 0. The first-order chi connectivity index (χ1) is 14.5. The minimum Gasteiger partial charge on any atom is -0.491 e. The Kier molecular flexibility index (Phi) is 4.23. The first kappa shape index (κ1) is 18.3. The van der Waals surface area contributed by atoms with Gasteiger partial charge >= 0.3 is 0 Å². The lowest BCUT2D eigenvalue weighted by molar-refractivity contribution is -0.116. The molecule has 9 nitrogen and oxygen atoms in total. The number of anilines is 1. The van der Waals surface area contributed by atoms with Crippen molar-refractivity contribution in [1.82, 2.24) is 29.6 Å². The molecule has 1 aliphatic heterocycles. The van der Waals surface area contributed by atoms with Gasteiger partial charge in [-0.15, -0.1) is 15.3 Å². The molecule has 0 saturated carbocycles. The van der Waals surface area contributed by atoms with Gasteiger partial charge in [0.15, 0.2) is 17.3 Å². The molecule has 0 bridgehead atoms. The van der Waals surface area contributed by atoms with E-state index >= 15 is 0 Å². The van der Waals surface area contributed by atoms with Crippen LogP contribution in [0.25, 0.3) is 11.5 Å². The molecule has 5 rings (SSSR count). The van der Waals surface area contributed by atoms with Gasteiger partial charge in [-0.1, -0.05) is 12.1 Å². The zero-order chi connectivity index (χ0) is 20.8. The lowest BCUT2D eigenvalue weighted by Gasteiger charge is -2.24. The second-order valence-corrected chi connectivity index (χ2v) is 7.61. The van der Waals surface area contributed by atoms with Crippen molar-refractivity contribution in [2.45, 2.75) is 39.2 Å². The second-order valence-electron chi connectivity index (χ2n) is 7.61. The normalized spacial score (nSPS) is 16.0. The predicted octanol–water partition coefficient (Wildman–Crippen LogP) is 2.88. The van der Waals surface area contributed by atoms with Crippen LogP contribution in [0.3, 0.4) is 0 Å². The van der Waals surface area contributed by atoms with E-state index in [2.05, 4.69) is 25.7 Å². The van der Waals surface area contributed by atoms with Crippen LogP contribution in [0.4, 0.5) is 5.82 Å². The number of amides is 1. The summed E-state index contributed by atoms with van der Waals surface area (Å²) in [5, 5.41) is 20.1. The maximum Gasteiger partial charge on any atom is 0.226 e. The molecule has 30 heavy (non-hydrogen) atoms. The van der Waals surface area contributed by atoms with Crippen molar-refractivity contribution in [2.75, 3.05) is 5.32 Å². The molecule has 1 aromatic carbocycles. The smallest absolute Gasteiger partial charge is 0.226 e. The van der Waals surface area contributed by atoms with E-state index < -0.39 is 0 Å². The van der Waals surface area contributed by atoms with E-state index in [0.717, 1.165) is 16.9 Å². The number of benzene rings is 1. The molecule has 4 heterocycles. The van der Waals surface area contributed by atoms with E-state index in [0.29, 0.717) is 29.5 Å². The number of hydrogen-bond acceptors (Lipinski definition) is 6. The Morgan fingerprint density at radius 1 is 1.13 bits per heavy atom. The number of aryl methyl sites for hydroxylation is 1. The molecule has 0 aliphatic carbocycles. The van der Waals surface area contributed by atoms with Crippen LogP contribution in [0, 0.1) is 6.92 Å². The van der Waals surface area contributed by atoms with Crippen molar-refractivity contribution in [3.05, 3.63) is 59.5 Å². The van der Waals surface area contributed by atoms with E-state index in [1.54, 1.807) is 15.4 Å². The average molecular weight is 403 g/mol. The Morgan fingerprint density at radius 3 is 2.70 bits per heavy atom. The Balaban J connectivity index is 1.54. The number of carbonyl (C=O) groups is 1. The topological polar surface area (TPSA) is 99.2 Å². The summed E-state index contributed by atoms with van der Waals surface area (Å²) in [5.74, 6) is 2.56. The molecule has 1 atom stereocenters. The van der Waals surface area contributed by atoms with Gasteiger partial charge in [-0.25, -0.2) is 0 Å². The third kappa shape index (κ3) is 3.08. The summed E-state index contributed by atoms with van der Waals surface area (Å²) < 4.78 is 9.03. The van der Waals surface area contributed by atoms with Crippen LogP contribution in [-0.4, -0.2) is 41.6 Å². The fourth-order valence-corrected chi connectivity index (χ4v) is 3.74. The van der Waals surface area contributed by atoms with E-state index in [1.807, 2.05) is 57.2 Å². The van der Waals surface area contributed by atoms with Crippen LogP contribution in [0.15, 0.2) is 42.6 Å².